The number of fused-ring (bicyclic) bond motifs is 1. The third-order valence-electron chi connectivity index (χ3n) is 3.83. The zero-order valence-corrected chi connectivity index (χ0v) is 10.7. The van der Waals surface area contributed by atoms with Crippen molar-refractivity contribution < 1.29 is 9.52 Å². The van der Waals surface area contributed by atoms with Gasteiger partial charge in [-0.05, 0) is 49.8 Å². The highest BCUT2D eigenvalue weighted by Crippen LogP contribution is 2.25. The summed E-state index contributed by atoms with van der Waals surface area (Å²) in [6.45, 7) is 0.903. The molecule has 0 atom stereocenters. The summed E-state index contributed by atoms with van der Waals surface area (Å²) < 4.78 is 4.96. The summed E-state index contributed by atoms with van der Waals surface area (Å²) in [6, 6.07) is 5.59. The molecule has 3 rings (SSSR count). The first-order valence-corrected chi connectivity index (χ1v) is 6.75. The molecule has 1 aromatic carbocycles. The fourth-order valence-electron chi connectivity index (χ4n) is 2.67. The highest BCUT2D eigenvalue weighted by molar-refractivity contribution is 5.76. The van der Waals surface area contributed by atoms with Crippen molar-refractivity contribution in [2.45, 2.75) is 31.8 Å². The van der Waals surface area contributed by atoms with E-state index in [1.165, 1.54) is 0 Å². The molecule has 0 aliphatic heterocycles. The maximum atomic E-state index is 11.1. The van der Waals surface area contributed by atoms with Gasteiger partial charge in [0.05, 0.1) is 11.6 Å². The summed E-state index contributed by atoms with van der Waals surface area (Å²) in [7, 11) is 0. The first kappa shape index (κ1) is 12.3. The maximum absolute atomic E-state index is 11.1. The summed E-state index contributed by atoms with van der Waals surface area (Å²) in [5, 5.41) is 12.9. The summed E-state index contributed by atoms with van der Waals surface area (Å²) in [6.07, 6.45) is 3.84. The fraction of sp³-hybridized carbons (Fsp3) is 0.500. The minimum absolute atomic E-state index is 0.108. The lowest BCUT2D eigenvalue weighted by Gasteiger charge is -2.25. The second-order valence-electron chi connectivity index (χ2n) is 5.28. The SMILES string of the molecule is O=c1[nH]c2cc(NCC3CCC(O)CC3)ccc2o1. The molecular weight excluding hydrogens is 244 g/mol. The van der Waals surface area contributed by atoms with E-state index < -0.39 is 5.76 Å². The van der Waals surface area contributed by atoms with Crippen molar-refractivity contribution in [1.82, 2.24) is 4.98 Å². The number of anilines is 1. The summed E-state index contributed by atoms with van der Waals surface area (Å²) in [5.74, 6) is 0.191. The number of aliphatic hydroxyl groups excluding tert-OH is 1. The molecule has 0 spiro atoms. The van der Waals surface area contributed by atoms with E-state index in [4.69, 9.17) is 4.42 Å². The van der Waals surface area contributed by atoms with Crippen LogP contribution in [0.15, 0.2) is 27.4 Å². The molecule has 1 fully saturated rings. The Morgan fingerprint density at radius 3 is 2.89 bits per heavy atom. The van der Waals surface area contributed by atoms with Gasteiger partial charge in [0.1, 0.15) is 0 Å². The highest BCUT2D eigenvalue weighted by atomic mass is 16.4. The van der Waals surface area contributed by atoms with E-state index >= 15 is 0 Å². The van der Waals surface area contributed by atoms with Gasteiger partial charge in [-0.25, -0.2) is 4.79 Å². The van der Waals surface area contributed by atoms with Crippen molar-refractivity contribution in [2.24, 2.45) is 5.92 Å². The number of aromatic amines is 1. The van der Waals surface area contributed by atoms with E-state index in [0.717, 1.165) is 37.9 Å². The van der Waals surface area contributed by atoms with Crippen LogP contribution < -0.4 is 11.1 Å². The second-order valence-corrected chi connectivity index (χ2v) is 5.28. The Labute approximate surface area is 110 Å². The third-order valence-corrected chi connectivity index (χ3v) is 3.83. The average Bonchev–Trinajstić information content (AvgIpc) is 2.77. The molecule has 0 unspecified atom stereocenters. The van der Waals surface area contributed by atoms with Gasteiger partial charge in [0.2, 0.25) is 0 Å². The normalized spacial score (nSPS) is 23.6. The molecule has 0 radical (unpaired) electrons. The van der Waals surface area contributed by atoms with Crippen LogP contribution in [0.4, 0.5) is 5.69 Å². The van der Waals surface area contributed by atoms with Crippen molar-refractivity contribution in [3.63, 3.8) is 0 Å². The van der Waals surface area contributed by atoms with E-state index in [0.29, 0.717) is 17.0 Å². The van der Waals surface area contributed by atoms with Gasteiger partial charge in [-0.15, -0.1) is 0 Å². The average molecular weight is 262 g/mol. The first-order valence-electron chi connectivity index (χ1n) is 6.75. The molecule has 3 N–H and O–H groups in total. The second kappa shape index (κ2) is 5.09. The summed E-state index contributed by atoms with van der Waals surface area (Å²) in [4.78, 5) is 13.7. The number of H-pyrrole nitrogens is 1. The Bertz CT molecular complexity index is 608. The van der Waals surface area contributed by atoms with Gasteiger partial charge in [0, 0.05) is 12.2 Å². The van der Waals surface area contributed by atoms with Crippen LogP contribution in [0.2, 0.25) is 0 Å². The number of hydrogen-bond donors (Lipinski definition) is 3. The molecular formula is C14H18N2O3. The molecule has 19 heavy (non-hydrogen) atoms. The molecule has 0 amide bonds. The molecule has 1 aliphatic carbocycles. The van der Waals surface area contributed by atoms with Crippen molar-refractivity contribution >= 4 is 16.8 Å². The Hall–Kier alpha value is -1.75. The monoisotopic (exact) mass is 262 g/mol. The van der Waals surface area contributed by atoms with Crippen molar-refractivity contribution in [1.29, 1.82) is 0 Å². The van der Waals surface area contributed by atoms with Gasteiger partial charge >= 0.3 is 5.76 Å². The molecule has 102 valence electrons. The number of rotatable bonds is 3. The van der Waals surface area contributed by atoms with Gasteiger partial charge in [0.15, 0.2) is 5.58 Å². The summed E-state index contributed by atoms with van der Waals surface area (Å²) >= 11 is 0. The molecule has 5 nitrogen and oxygen atoms in total. The number of aromatic nitrogens is 1. The Morgan fingerprint density at radius 2 is 2.11 bits per heavy atom. The Kier molecular flexibility index (Phi) is 3.29. The quantitative estimate of drug-likeness (QED) is 0.791. The van der Waals surface area contributed by atoms with Crippen LogP contribution in [-0.2, 0) is 0 Å². The van der Waals surface area contributed by atoms with Gasteiger partial charge in [-0.3, -0.25) is 4.98 Å². The minimum Gasteiger partial charge on any atom is -0.408 e. The predicted molar refractivity (Wildman–Crippen MR) is 73.3 cm³/mol. The van der Waals surface area contributed by atoms with Gasteiger partial charge < -0.3 is 14.8 Å². The minimum atomic E-state index is -0.423. The molecule has 2 aromatic rings. The van der Waals surface area contributed by atoms with Crippen LogP contribution in [-0.4, -0.2) is 22.7 Å². The lowest BCUT2D eigenvalue weighted by atomic mass is 9.87. The molecule has 0 saturated heterocycles. The first-order chi connectivity index (χ1) is 9.20. The molecule has 0 bridgehead atoms. The van der Waals surface area contributed by atoms with Gasteiger partial charge in [0.25, 0.3) is 0 Å². The fourth-order valence-corrected chi connectivity index (χ4v) is 2.67. The highest BCUT2D eigenvalue weighted by Gasteiger charge is 2.18. The largest absolute Gasteiger partial charge is 0.417 e. The van der Waals surface area contributed by atoms with Crippen LogP contribution in [0.5, 0.6) is 0 Å². The van der Waals surface area contributed by atoms with Gasteiger partial charge in [-0.1, -0.05) is 0 Å². The van der Waals surface area contributed by atoms with Crippen LogP contribution in [0.1, 0.15) is 25.7 Å². The predicted octanol–water partition coefficient (Wildman–Crippen LogP) is 2.08. The number of oxazole rings is 1. The number of aliphatic hydroxyl groups is 1. The van der Waals surface area contributed by atoms with E-state index in [-0.39, 0.29) is 6.10 Å². The third kappa shape index (κ3) is 2.81. The molecule has 1 aliphatic rings. The standard InChI is InChI=1S/C14H18N2O3/c17-11-4-1-9(2-5-11)8-15-10-3-6-13-12(7-10)16-14(18)19-13/h3,6-7,9,11,15,17H,1-2,4-5,8H2,(H,16,18). The van der Waals surface area contributed by atoms with E-state index in [1.54, 1.807) is 6.07 Å². The van der Waals surface area contributed by atoms with Crippen molar-refractivity contribution in [3.05, 3.63) is 28.7 Å². The molecule has 5 heteroatoms. The van der Waals surface area contributed by atoms with E-state index in [2.05, 4.69) is 10.3 Å². The topological polar surface area (TPSA) is 78.3 Å². The smallest absolute Gasteiger partial charge is 0.408 e. The molecule has 1 aromatic heterocycles. The molecule has 1 saturated carbocycles. The zero-order valence-electron chi connectivity index (χ0n) is 10.7. The summed E-state index contributed by atoms with van der Waals surface area (Å²) in [5.41, 5.74) is 2.28. The lowest BCUT2D eigenvalue weighted by molar-refractivity contribution is 0.111. The van der Waals surface area contributed by atoms with Crippen LogP contribution in [0.25, 0.3) is 11.1 Å². The molecule has 1 heterocycles. The Balaban J connectivity index is 1.63. The van der Waals surface area contributed by atoms with Crippen LogP contribution in [0.3, 0.4) is 0 Å². The zero-order chi connectivity index (χ0) is 13.2. The van der Waals surface area contributed by atoms with E-state index in [9.17, 15) is 9.90 Å². The van der Waals surface area contributed by atoms with E-state index in [1.807, 2.05) is 12.1 Å². The van der Waals surface area contributed by atoms with Crippen LogP contribution in [0, 0.1) is 5.92 Å². The number of nitrogens with one attached hydrogen (secondary N) is 2. The maximum Gasteiger partial charge on any atom is 0.417 e. The Morgan fingerprint density at radius 1 is 1.32 bits per heavy atom. The number of hydrogen-bond acceptors (Lipinski definition) is 4. The van der Waals surface area contributed by atoms with Crippen molar-refractivity contribution in [2.75, 3.05) is 11.9 Å². The lowest BCUT2D eigenvalue weighted by Crippen LogP contribution is -2.23. The van der Waals surface area contributed by atoms with Gasteiger partial charge in [-0.2, -0.15) is 0 Å². The number of benzene rings is 1. The van der Waals surface area contributed by atoms with Crippen LogP contribution >= 0.6 is 0 Å². The van der Waals surface area contributed by atoms with Crippen molar-refractivity contribution in [3.8, 4) is 0 Å².